The SMILES string of the molecule is COc1cc2c(cc1OC)CN(CC1CC(c3ccc(CO)cc3)OC(c3ccc(NC(=O)C4CCCN4C(=O)C(F)(F)F)cc3)O1)CC2. The number of rotatable bonds is 9. The van der Waals surface area contributed by atoms with Gasteiger partial charge in [-0.25, -0.2) is 0 Å². The fourth-order valence-electron chi connectivity index (χ4n) is 6.81. The van der Waals surface area contributed by atoms with Crippen molar-refractivity contribution in [3.63, 3.8) is 0 Å². The first kappa shape index (κ1) is 34.7. The van der Waals surface area contributed by atoms with E-state index in [0.29, 0.717) is 47.0 Å². The summed E-state index contributed by atoms with van der Waals surface area (Å²) < 4.78 is 63.2. The predicted octanol–water partition coefficient (Wildman–Crippen LogP) is 5.29. The number of halogens is 3. The molecule has 3 aromatic carbocycles. The molecule has 2 fully saturated rings. The molecular weight excluding hydrogens is 643 g/mol. The maximum atomic E-state index is 13.1. The lowest BCUT2D eigenvalue weighted by Crippen LogP contribution is -2.48. The summed E-state index contributed by atoms with van der Waals surface area (Å²) in [5, 5.41) is 12.2. The second-order valence-electron chi connectivity index (χ2n) is 12.6. The van der Waals surface area contributed by atoms with Crippen LogP contribution in [0.1, 0.15) is 59.5 Å². The maximum Gasteiger partial charge on any atom is 0.471 e. The molecule has 3 aliphatic rings. The fraction of sp³-hybridized carbons (Fsp3) is 0.444. The number of carbonyl (C=O) groups excluding carboxylic acids is 2. The largest absolute Gasteiger partial charge is 0.493 e. The highest BCUT2D eigenvalue weighted by atomic mass is 19.4. The van der Waals surface area contributed by atoms with Gasteiger partial charge >= 0.3 is 12.1 Å². The molecule has 3 aliphatic heterocycles. The van der Waals surface area contributed by atoms with Crippen LogP contribution in [-0.4, -0.2) is 78.9 Å². The highest BCUT2D eigenvalue weighted by Gasteiger charge is 2.47. The van der Waals surface area contributed by atoms with E-state index in [-0.39, 0.29) is 31.8 Å². The molecule has 3 aromatic rings. The standard InChI is InChI=1S/C36H40F3N3O7/c1-46-31-16-25-13-15-41(19-26(25)17-32(31)47-2)20-28-18-30(23-7-5-22(21-43)6-8-23)49-34(48-28)24-9-11-27(12-10-24)40-33(44)29-4-3-14-42(29)35(45)36(37,38)39/h5-12,16-17,28-30,34,43H,3-4,13-15,18-21H2,1-2H3,(H,40,44). The first-order valence-electron chi connectivity index (χ1n) is 16.3. The van der Waals surface area contributed by atoms with Crippen molar-refractivity contribution in [2.45, 2.75) is 69.6 Å². The van der Waals surface area contributed by atoms with Gasteiger partial charge in [0.1, 0.15) is 6.04 Å². The van der Waals surface area contributed by atoms with Crippen molar-refractivity contribution in [1.82, 2.24) is 9.80 Å². The van der Waals surface area contributed by atoms with Gasteiger partial charge in [0.25, 0.3) is 0 Å². The third kappa shape index (κ3) is 7.85. The van der Waals surface area contributed by atoms with E-state index >= 15 is 0 Å². The quantitative estimate of drug-likeness (QED) is 0.313. The topological polar surface area (TPSA) is 110 Å². The monoisotopic (exact) mass is 683 g/mol. The molecule has 262 valence electrons. The molecule has 4 atom stereocenters. The van der Waals surface area contributed by atoms with Crippen LogP contribution >= 0.6 is 0 Å². The van der Waals surface area contributed by atoms with E-state index in [2.05, 4.69) is 10.2 Å². The highest BCUT2D eigenvalue weighted by Crippen LogP contribution is 2.39. The van der Waals surface area contributed by atoms with Crippen molar-refractivity contribution in [2.75, 3.05) is 39.2 Å². The molecule has 13 heteroatoms. The van der Waals surface area contributed by atoms with Crippen molar-refractivity contribution in [3.05, 3.63) is 88.5 Å². The fourth-order valence-corrected chi connectivity index (χ4v) is 6.81. The number of aliphatic hydroxyl groups is 1. The van der Waals surface area contributed by atoms with Gasteiger partial charge in [0.15, 0.2) is 17.8 Å². The Morgan fingerprint density at radius 1 is 0.939 bits per heavy atom. The average Bonchev–Trinajstić information content (AvgIpc) is 3.60. The number of alkyl halides is 3. The summed E-state index contributed by atoms with van der Waals surface area (Å²) in [6, 6.07) is 17.3. The second kappa shape index (κ2) is 14.8. The van der Waals surface area contributed by atoms with Crippen LogP contribution in [0.25, 0.3) is 0 Å². The molecule has 0 bridgehead atoms. The zero-order valence-electron chi connectivity index (χ0n) is 27.4. The van der Waals surface area contributed by atoms with Gasteiger partial charge in [-0.15, -0.1) is 0 Å². The molecule has 4 unspecified atom stereocenters. The van der Waals surface area contributed by atoms with E-state index in [1.807, 2.05) is 36.4 Å². The van der Waals surface area contributed by atoms with Crippen LogP contribution < -0.4 is 14.8 Å². The molecule has 6 rings (SSSR count). The van der Waals surface area contributed by atoms with E-state index in [0.717, 1.165) is 30.6 Å². The molecule has 0 aromatic heterocycles. The van der Waals surface area contributed by atoms with E-state index in [1.54, 1.807) is 38.5 Å². The number of nitrogens with one attached hydrogen (secondary N) is 1. The number of anilines is 1. The van der Waals surface area contributed by atoms with Gasteiger partial charge in [0.05, 0.1) is 33.0 Å². The van der Waals surface area contributed by atoms with Gasteiger partial charge in [0, 0.05) is 43.9 Å². The van der Waals surface area contributed by atoms with Gasteiger partial charge in [-0.2, -0.15) is 13.2 Å². The number of benzene rings is 3. The third-order valence-corrected chi connectivity index (χ3v) is 9.38. The predicted molar refractivity (Wildman–Crippen MR) is 173 cm³/mol. The Kier molecular flexibility index (Phi) is 10.4. The minimum absolute atomic E-state index is 0.0619. The Morgan fingerprint density at radius 3 is 2.27 bits per heavy atom. The van der Waals surface area contributed by atoms with Crippen molar-refractivity contribution < 1.29 is 46.8 Å². The van der Waals surface area contributed by atoms with Gasteiger partial charge < -0.3 is 34.3 Å². The normalized spacial score (nSPS) is 22.8. The van der Waals surface area contributed by atoms with Crippen LogP contribution in [-0.2, 0) is 38.6 Å². The summed E-state index contributed by atoms with van der Waals surface area (Å²) in [4.78, 5) is 27.7. The van der Waals surface area contributed by atoms with Crippen LogP contribution in [0.4, 0.5) is 18.9 Å². The van der Waals surface area contributed by atoms with Crippen LogP contribution in [0.15, 0.2) is 60.7 Å². The Bertz CT molecular complexity index is 1630. The van der Waals surface area contributed by atoms with Gasteiger partial charge in [-0.05, 0) is 65.8 Å². The molecule has 2 saturated heterocycles. The van der Waals surface area contributed by atoms with Crippen molar-refractivity contribution in [1.29, 1.82) is 0 Å². The van der Waals surface area contributed by atoms with Crippen molar-refractivity contribution in [3.8, 4) is 11.5 Å². The summed E-state index contributed by atoms with van der Waals surface area (Å²) in [5.74, 6) is -1.27. The Hall–Kier alpha value is -4.17. The molecule has 0 aliphatic carbocycles. The van der Waals surface area contributed by atoms with Crippen LogP contribution in [0, 0.1) is 0 Å². The lowest BCUT2D eigenvalue weighted by atomic mass is 9.97. The lowest BCUT2D eigenvalue weighted by Gasteiger charge is -2.39. The minimum atomic E-state index is -5.04. The number of hydrogen-bond donors (Lipinski definition) is 2. The number of aliphatic hydroxyl groups excluding tert-OH is 1. The van der Waals surface area contributed by atoms with E-state index in [4.69, 9.17) is 18.9 Å². The number of hydrogen-bond acceptors (Lipinski definition) is 8. The van der Waals surface area contributed by atoms with Crippen LogP contribution in [0.5, 0.6) is 11.5 Å². The van der Waals surface area contributed by atoms with Gasteiger partial charge in [0.2, 0.25) is 5.91 Å². The first-order chi connectivity index (χ1) is 23.6. The van der Waals surface area contributed by atoms with E-state index < -0.39 is 30.3 Å². The van der Waals surface area contributed by atoms with E-state index in [1.165, 1.54) is 11.1 Å². The number of fused-ring (bicyclic) bond motifs is 1. The number of methoxy groups -OCH3 is 2. The number of amides is 2. The molecular formula is C36H40F3N3O7. The molecule has 2 N–H and O–H groups in total. The summed E-state index contributed by atoms with van der Waals surface area (Å²) >= 11 is 0. The maximum absolute atomic E-state index is 13.1. The minimum Gasteiger partial charge on any atom is -0.493 e. The summed E-state index contributed by atoms with van der Waals surface area (Å²) in [6.07, 6.45) is -4.34. The molecule has 49 heavy (non-hydrogen) atoms. The number of likely N-dealkylation sites (tertiary alicyclic amines) is 1. The average molecular weight is 684 g/mol. The second-order valence-corrected chi connectivity index (χ2v) is 12.6. The zero-order chi connectivity index (χ0) is 34.7. The summed E-state index contributed by atoms with van der Waals surface area (Å²) in [7, 11) is 3.25. The van der Waals surface area contributed by atoms with Gasteiger partial charge in [-0.3, -0.25) is 14.5 Å². The molecule has 2 amide bonds. The molecule has 0 radical (unpaired) electrons. The highest BCUT2D eigenvalue weighted by molar-refractivity contribution is 5.98. The summed E-state index contributed by atoms with van der Waals surface area (Å²) in [5.41, 5.74) is 5.22. The molecule has 10 nitrogen and oxygen atoms in total. The van der Waals surface area contributed by atoms with Crippen molar-refractivity contribution >= 4 is 17.5 Å². The number of nitrogens with zero attached hydrogens (tertiary/aromatic N) is 2. The third-order valence-electron chi connectivity index (χ3n) is 9.38. The zero-order valence-corrected chi connectivity index (χ0v) is 27.4. The smallest absolute Gasteiger partial charge is 0.471 e. The lowest BCUT2D eigenvalue weighted by molar-refractivity contribution is -0.253. The summed E-state index contributed by atoms with van der Waals surface area (Å²) in [6.45, 7) is 2.03. The first-order valence-corrected chi connectivity index (χ1v) is 16.3. The van der Waals surface area contributed by atoms with E-state index in [9.17, 15) is 27.9 Å². The Balaban J connectivity index is 1.16. The van der Waals surface area contributed by atoms with Crippen molar-refractivity contribution in [2.24, 2.45) is 0 Å². The Morgan fingerprint density at radius 2 is 1.61 bits per heavy atom. The van der Waals surface area contributed by atoms with Crippen LogP contribution in [0.2, 0.25) is 0 Å². The van der Waals surface area contributed by atoms with Gasteiger partial charge in [-0.1, -0.05) is 36.4 Å². The Labute approximate surface area is 282 Å². The molecule has 3 heterocycles. The number of ether oxygens (including phenoxy) is 4. The molecule has 0 spiro atoms. The van der Waals surface area contributed by atoms with Crippen LogP contribution in [0.3, 0.4) is 0 Å². The molecule has 0 saturated carbocycles. The number of carbonyl (C=O) groups is 2.